The van der Waals surface area contributed by atoms with Crippen molar-refractivity contribution in [3.05, 3.63) is 24.7 Å². The molecule has 2 unspecified atom stereocenters. The molecule has 0 bridgehead atoms. The van der Waals surface area contributed by atoms with Crippen LogP contribution in [0.2, 0.25) is 0 Å². The van der Waals surface area contributed by atoms with Crippen molar-refractivity contribution in [3.63, 3.8) is 0 Å². The third kappa shape index (κ3) is 3.95. The van der Waals surface area contributed by atoms with Crippen LogP contribution < -0.4 is 10.5 Å². The summed E-state index contributed by atoms with van der Waals surface area (Å²) in [7, 11) is 0. The molecule has 0 amide bonds. The summed E-state index contributed by atoms with van der Waals surface area (Å²) in [6.07, 6.45) is 0.686. The number of rotatable bonds is 7. The molecule has 2 heterocycles. The van der Waals surface area contributed by atoms with Crippen LogP contribution in [0.1, 0.15) is 27.0 Å². The fourth-order valence-electron chi connectivity index (χ4n) is 2.05. The first-order valence-corrected chi connectivity index (χ1v) is 7.29. The van der Waals surface area contributed by atoms with Crippen LogP contribution in [0, 0.1) is 0 Å². The fourth-order valence-corrected chi connectivity index (χ4v) is 2.05. The van der Waals surface area contributed by atoms with Crippen molar-refractivity contribution in [1.29, 1.82) is 0 Å². The van der Waals surface area contributed by atoms with E-state index in [9.17, 15) is 8.78 Å². The Morgan fingerprint density at radius 1 is 1.35 bits per heavy atom. The van der Waals surface area contributed by atoms with Gasteiger partial charge in [0.25, 0.3) is 6.43 Å². The standard InChI is InChI=1S/C15H20F2N4O2/c1-4-22-10(3)21-8-11(7-20-21)12-5-6-19-15(18)13(12)23-9(2)14(16)17/h5-10,14H,4H2,1-3H3,(H2,18,19). The zero-order chi connectivity index (χ0) is 17.0. The SMILES string of the molecule is CCOC(C)n1cc(-c2ccnc(N)c2OC(C)C(F)F)cn1. The number of pyridine rings is 1. The summed E-state index contributed by atoms with van der Waals surface area (Å²) < 4.78 is 37.9. The van der Waals surface area contributed by atoms with Crippen LogP contribution in [0.25, 0.3) is 11.1 Å². The summed E-state index contributed by atoms with van der Waals surface area (Å²) in [6.45, 7) is 5.58. The molecule has 0 aliphatic heterocycles. The summed E-state index contributed by atoms with van der Waals surface area (Å²) in [5, 5.41) is 4.22. The van der Waals surface area contributed by atoms with Crippen LogP contribution in [0.5, 0.6) is 5.75 Å². The molecule has 0 aliphatic rings. The largest absolute Gasteiger partial charge is 0.480 e. The molecule has 6 nitrogen and oxygen atoms in total. The van der Waals surface area contributed by atoms with Crippen molar-refractivity contribution in [3.8, 4) is 16.9 Å². The molecule has 126 valence electrons. The minimum absolute atomic E-state index is 0.0561. The van der Waals surface area contributed by atoms with Gasteiger partial charge in [-0.2, -0.15) is 5.10 Å². The van der Waals surface area contributed by atoms with Gasteiger partial charge in [0.15, 0.2) is 17.7 Å². The fraction of sp³-hybridized carbons (Fsp3) is 0.467. The van der Waals surface area contributed by atoms with Crippen molar-refractivity contribution in [2.75, 3.05) is 12.3 Å². The highest BCUT2D eigenvalue weighted by Gasteiger charge is 2.21. The van der Waals surface area contributed by atoms with Crippen molar-refractivity contribution in [2.45, 2.75) is 39.5 Å². The van der Waals surface area contributed by atoms with E-state index in [1.807, 2.05) is 13.8 Å². The van der Waals surface area contributed by atoms with Gasteiger partial charge >= 0.3 is 0 Å². The van der Waals surface area contributed by atoms with E-state index in [0.29, 0.717) is 17.7 Å². The molecule has 2 rings (SSSR count). The molecule has 0 aliphatic carbocycles. The lowest BCUT2D eigenvalue weighted by molar-refractivity contribution is 0.0160. The maximum atomic E-state index is 12.8. The molecule has 2 aromatic rings. The Balaban J connectivity index is 2.34. The smallest absolute Gasteiger partial charge is 0.274 e. The highest BCUT2D eigenvalue weighted by atomic mass is 19.3. The van der Waals surface area contributed by atoms with Gasteiger partial charge in [-0.05, 0) is 26.8 Å². The Morgan fingerprint density at radius 3 is 2.74 bits per heavy atom. The molecule has 0 saturated heterocycles. The minimum atomic E-state index is -2.62. The highest BCUT2D eigenvalue weighted by Crippen LogP contribution is 2.35. The second-order valence-corrected chi connectivity index (χ2v) is 4.99. The van der Waals surface area contributed by atoms with Gasteiger partial charge < -0.3 is 15.2 Å². The third-order valence-corrected chi connectivity index (χ3v) is 3.28. The maximum Gasteiger partial charge on any atom is 0.274 e. The van der Waals surface area contributed by atoms with Crippen LogP contribution >= 0.6 is 0 Å². The first-order valence-electron chi connectivity index (χ1n) is 7.29. The van der Waals surface area contributed by atoms with E-state index in [1.54, 1.807) is 23.1 Å². The van der Waals surface area contributed by atoms with Crippen LogP contribution in [-0.2, 0) is 4.74 Å². The van der Waals surface area contributed by atoms with Gasteiger partial charge in [-0.15, -0.1) is 0 Å². The highest BCUT2D eigenvalue weighted by molar-refractivity contribution is 5.74. The first-order chi connectivity index (χ1) is 10.9. The van der Waals surface area contributed by atoms with E-state index in [1.165, 1.54) is 13.1 Å². The monoisotopic (exact) mass is 326 g/mol. The lowest BCUT2D eigenvalue weighted by Gasteiger charge is -2.17. The lowest BCUT2D eigenvalue weighted by atomic mass is 10.1. The Labute approximate surface area is 133 Å². The van der Waals surface area contributed by atoms with Crippen LogP contribution in [-0.4, -0.2) is 33.9 Å². The molecule has 2 atom stereocenters. The molecule has 0 fully saturated rings. The molecule has 0 spiro atoms. The number of aromatic nitrogens is 3. The van der Waals surface area contributed by atoms with Crippen molar-refractivity contribution < 1.29 is 18.3 Å². The number of ether oxygens (including phenoxy) is 2. The molecule has 8 heteroatoms. The number of nitrogens with two attached hydrogens (primary N) is 1. The molecule has 2 N–H and O–H groups in total. The third-order valence-electron chi connectivity index (χ3n) is 3.28. The quantitative estimate of drug-likeness (QED) is 0.846. The van der Waals surface area contributed by atoms with Crippen LogP contribution in [0.4, 0.5) is 14.6 Å². The van der Waals surface area contributed by atoms with Crippen molar-refractivity contribution in [1.82, 2.24) is 14.8 Å². The second-order valence-electron chi connectivity index (χ2n) is 4.99. The van der Waals surface area contributed by atoms with Crippen LogP contribution in [0.15, 0.2) is 24.7 Å². The number of halogens is 2. The number of alkyl halides is 2. The van der Waals surface area contributed by atoms with Gasteiger partial charge in [0.05, 0.1) is 6.20 Å². The van der Waals surface area contributed by atoms with E-state index in [0.717, 1.165) is 0 Å². The normalized spacial score (nSPS) is 14.0. The summed E-state index contributed by atoms with van der Waals surface area (Å²) in [5.41, 5.74) is 7.03. The van der Waals surface area contributed by atoms with E-state index in [2.05, 4.69) is 10.1 Å². The molecule has 2 aromatic heterocycles. The Morgan fingerprint density at radius 2 is 2.09 bits per heavy atom. The Hall–Kier alpha value is -2.22. The van der Waals surface area contributed by atoms with Gasteiger partial charge in [-0.25, -0.2) is 18.4 Å². The second kappa shape index (κ2) is 7.36. The van der Waals surface area contributed by atoms with E-state index < -0.39 is 12.5 Å². The molecular weight excluding hydrogens is 306 g/mol. The van der Waals surface area contributed by atoms with Crippen LogP contribution in [0.3, 0.4) is 0 Å². The van der Waals surface area contributed by atoms with E-state index in [4.69, 9.17) is 15.2 Å². The van der Waals surface area contributed by atoms with Gasteiger partial charge in [0.1, 0.15) is 6.23 Å². The number of hydrogen-bond donors (Lipinski definition) is 1. The van der Waals surface area contributed by atoms with Gasteiger partial charge in [0.2, 0.25) is 0 Å². The Kier molecular flexibility index (Phi) is 5.49. The first kappa shape index (κ1) is 17.1. The average Bonchev–Trinajstić information content (AvgIpc) is 2.99. The molecule has 23 heavy (non-hydrogen) atoms. The minimum Gasteiger partial charge on any atom is -0.480 e. The summed E-state index contributed by atoms with van der Waals surface area (Å²) in [6, 6.07) is 1.65. The topological polar surface area (TPSA) is 75.2 Å². The lowest BCUT2D eigenvalue weighted by Crippen LogP contribution is -2.22. The van der Waals surface area contributed by atoms with Gasteiger partial charge in [-0.3, -0.25) is 0 Å². The number of nitrogens with zero attached hydrogens (tertiary/aromatic N) is 3. The molecule has 0 aromatic carbocycles. The average molecular weight is 326 g/mol. The van der Waals surface area contributed by atoms with Gasteiger partial charge in [-0.1, -0.05) is 0 Å². The predicted molar refractivity (Wildman–Crippen MR) is 82.3 cm³/mol. The van der Waals surface area contributed by atoms with E-state index >= 15 is 0 Å². The molecule has 0 saturated carbocycles. The maximum absolute atomic E-state index is 12.8. The summed E-state index contributed by atoms with van der Waals surface area (Å²) >= 11 is 0. The molecule has 0 radical (unpaired) electrons. The number of anilines is 1. The number of nitrogen functional groups attached to an aromatic ring is 1. The summed E-state index contributed by atoms with van der Waals surface area (Å²) in [4.78, 5) is 3.90. The molecular formula is C15H20F2N4O2. The predicted octanol–water partition coefficient (Wildman–Crippen LogP) is 3.11. The van der Waals surface area contributed by atoms with Gasteiger partial charge in [0, 0.05) is 30.1 Å². The summed E-state index contributed by atoms with van der Waals surface area (Å²) in [5.74, 6) is 0.185. The van der Waals surface area contributed by atoms with Crippen molar-refractivity contribution in [2.24, 2.45) is 0 Å². The zero-order valence-corrected chi connectivity index (χ0v) is 13.2. The number of hydrogen-bond acceptors (Lipinski definition) is 5. The Bertz CT molecular complexity index is 648. The van der Waals surface area contributed by atoms with Crippen molar-refractivity contribution >= 4 is 5.82 Å². The van der Waals surface area contributed by atoms with E-state index in [-0.39, 0.29) is 17.8 Å². The zero-order valence-electron chi connectivity index (χ0n) is 13.2.